The zero-order valence-corrected chi connectivity index (χ0v) is 18.6. The molecule has 0 spiro atoms. The standard InChI is InChI=1S/C27H27N3O2/c1-18(2)21-15-11-20(12-16-21)17-30-25(22-7-5-4-6-8-22)24(27(32)29-30)28-26(31)23-13-9-19(3)10-14-23/h4-18,24-25H,1-3H3,(H-,28,29,31,32)/p+1/b30-17-/t24-,25-/m1/s1. The van der Waals surface area contributed by atoms with Crippen molar-refractivity contribution in [1.29, 1.82) is 0 Å². The fourth-order valence-electron chi connectivity index (χ4n) is 3.89. The van der Waals surface area contributed by atoms with E-state index in [1.807, 2.05) is 67.7 Å². The second kappa shape index (κ2) is 9.18. The van der Waals surface area contributed by atoms with Crippen molar-refractivity contribution in [3.8, 4) is 0 Å². The van der Waals surface area contributed by atoms with Gasteiger partial charge in [0.2, 0.25) is 12.3 Å². The topological polar surface area (TPSA) is 61.2 Å². The lowest BCUT2D eigenvalue weighted by Crippen LogP contribution is -2.42. The number of hydrazone groups is 1. The first-order valence-corrected chi connectivity index (χ1v) is 10.9. The number of aryl methyl sites for hydroxylation is 1. The molecule has 2 N–H and O–H groups in total. The molecule has 0 aromatic heterocycles. The molecule has 2 amide bonds. The normalized spacial score (nSPS) is 19.2. The SMILES string of the molecule is Cc1ccc(C(=O)N[C@H]2C(=O)N/[N+](=C\c3ccc(C(C)C)cc3)[C@@H]2c2ccccc2)cc1. The van der Waals surface area contributed by atoms with Gasteiger partial charge in [-0.15, -0.1) is 10.1 Å². The Balaban J connectivity index is 1.66. The van der Waals surface area contributed by atoms with Crippen LogP contribution in [0.25, 0.3) is 0 Å². The molecular formula is C27H28N3O2+. The van der Waals surface area contributed by atoms with Crippen LogP contribution in [0.1, 0.15) is 58.4 Å². The molecule has 1 aliphatic heterocycles. The van der Waals surface area contributed by atoms with E-state index in [1.165, 1.54) is 5.56 Å². The number of carbonyl (C=O) groups is 2. The van der Waals surface area contributed by atoms with Gasteiger partial charge in [0.05, 0.1) is 0 Å². The summed E-state index contributed by atoms with van der Waals surface area (Å²) in [5, 5.41) is 2.94. The molecule has 5 heteroatoms. The molecule has 0 bridgehead atoms. The third-order valence-corrected chi connectivity index (χ3v) is 5.77. The number of nitrogens with one attached hydrogen (secondary N) is 2. The molecule has 4 rings (SSSR count). The molecule has 1 saturated heterocycles. The maximum absolute atomic E-state index is 12.9. The highest BCUT2D eigenvalue weighted by Gasteiger charge is 2.47. The molecule has 0 radical (unpaired) electrons. The Morgan fingerprint density at radius 3 is 2.25 bits per heavy atom. The third-order valence-electron chi connectivity index (χ3n) is 5.77. The number of benzene rings is 3. The van der Waals surface area contributed by atoms with E-state index in [0.717, 1.165) is 16.7 Å². The number of carbonyl (C=O) groups excluding carboxylic acids is 2. The minimum Gasteiger partial charge on any atom is -0.334 e. The molecule has 1 fully saturated rings. The second-order valence-electron chi connectivity index (χ2n) is 8.51. The van der Waals surface area contributed by atoms with E-state index in [0.29, 0.717) is 11.5 Å². The number of hydrogen-bond donors (Lipinski definition) is 2. The molecule has 0 aliphatic carbocycles. The number of rotatable bonds is 5. The first-order valence-electron chi connectivity index (χ1n) is 10.9. The van der Waals surface area contributed by atoms with Crippen LogP contribution in [-0.4, -0.2) is 28.8 Å². The minimum atomic E-state index is -0.725. The van der Waals surface area contributed by atoms with Gasteiger partial charge >= 0.3 is 5.91 Å². The average Bonchev–Trinajstić information content (AvgIpc) is 3.09. The smallest absolute Gasteiger partial charge is 0.304 e. The summed E-state index contributed by atoms with van der Waals surface area (Å²) in [4.78, 5) is 25.8. The summed E-state index contributed by atoms with van der Waals surface area (Å²) in [6.45, 7) is 6.29. The molecule has 1 heterocycles. The van der Waals surface area contributed by atoms with Gasteiger partial charge in [0.15, 0.2) is 6.04 Å². The fourth-order valence-corrected chi connectivity index (χ4v) is 3.89. The molecule has 0 saturated carbocycles. The molecule has 2 atom stereocenters. The molecule has 0 unspecified atom stereocenters. The lowest BCUT2D eigenvalue weighted by atomic mass is 9.99. The van der Waals surface area contributed by atoms with Gasteiger partial charge in [-0.2, -0.15) is 0 Å². The zero-order chi connectivity index (χ0) is 22.7. The first-order chi connectivity index (χ1) is 15.4. The summed E-state index contributed by atoms with van der Waals surface area (Å²) in [7, 11) is 0. The highest BCUT2D eigenvalue weighted by Crippen LogP contribution is 2.25. The number of hydrazine groups is 1. The summed E-state index contributed by atoms with van der Waals surface area (Å²) >= 11 is 0. The van der Waals surface area contributed by atoms with Gasteiger partial charge in [-0.3, -0.25) is 9.59 Å². The number of nitrogens with zero attached hydrogens (tertiary/aromatic N) is 1. The molecule has 162 valence electrons. The molecule has 1 aliphatic rings. The van der Waals surface area contributed by atoms with Gasteiger partial charge < -0.3 is 5.32 Å². The van der Waals surface area contributed by atoms with E-state index < -0.39 is 6.04 Å². The van der Waals surface area contributed by atoms with Gasteiger partial charge in [0, 0.05) is 16.7 Å². The first kappa shape index (κ1) is 21.5. The van der Waals surface area contributed by atoms with E-state index in [4.69, 9.17) is 0 Å². The molecular weight excluding hydrogens is 398 g/mol. The van der Waals surface area contributed by atoms with Crippen molar-refractivity contribution >= 4 is 18.0 Å². The Morgan fingerprint density at radius 1 is 0.969 bits per heavy atom. The second-order valence-corrected chi connectivity index (χ2v) is 8.51. The summed E-state index contributed by atoms with van der Waals surface area (Å²) in [6.07, 6.45) is 1.91. The van der Waals surface area contributed by atoms with Crippen LogP contribution >= 0.6 is 0 Å². The fraction of sp³-hybridized carbons (Fsp3) is 0.222. The Labute approximate surface area is 188 Å². The van der Waals surface area contributed by atoms with Gasteiger partial charge in [0.1, 0.15) is 0 Å². The number of amides is 2. The van der Waals surface area contributed by atoms with E-state index in [9.17, 15) is 9.59 Å². The van der Waals surface area contributed by atoms with Crippen LogP contribution in [-0.2, 0) is 4.79 Å². The maximum atomic E-state index is 12.9. The van der Waals surface area contributed by atoms with Crippen molar-refractivity contribution in [2.75, 3.05) is 0 Å². The van der Waals surface area contributed by atoms with Gasteiger partial charge in [-0.1, -0.05) is 74.0 Å². The van der Waals surface area contributed by atoms with Crippen LogP contribution in [0.5, 0.6) is 0 Å². The summed E-state index contributed by atoms with van der Waals surface area (Å²) in [5.41, 5.74) is 7.71. The maximum Gasteiger partial charge on any atom is 0.304 e. The van der Waals surface area contributed by atoms with E-state index in [2.05, 4.69) is 36.7 Å². The van der Waals surface area contributed by atoms with Crippen molar-refractivity contribution in [1.82, 2.24) is 10.7 Å². The Hall–Kier alpha value is -3.73. The summed E-state index contributed by atoms with van der Waals surface area (Å²) in [5.74, 6) is -0.0578. The van der Waals surface area contributed by atoms with Gasteiger partial charge in [-0.25, -0.2) is 0 Å². The summed E-state index contributed by atoms with van der Waals surface area (Å²) in [6, 6.07) is 24.3. The predicted molar refractivity (Wildman–Crippen MR) is 126 cm³/mol. The largest absolute Gasteiger partial charge is 0.334 e. The summed E-state index contributed by atoms with van der Waals surface area (Å²) < 4.78 is 1.79. The lowest BCUT2D eigenvalue weighted by molar-refractivity contribution is -0.596. The van der Waals surface area contributed by atoms with Gasteiger partial charge in [0.25, 0.3) is 5.91 Å². The highest BCUT2D eigenvalue weighted by atomic mass is 16.2. The van der Waals surface area contributed by atoms with Crippen LogP contribution in [0.2, 0.25) is 0 Å². The van der Waals surface area contributed by atoms with Crippen LogP contribution < -0.4 is 10.7 Å². The van der Waals surface area contributed by atoms with Crippen molar-refractivity contribution in [2.24, 2.45) is 0 Å². The third kappa shape index (κ3) is 4.62. The zero-order valence-electron chi connectivity index (χ0n) is 18.6. The van der Waals surface area contributed by atoms with Crippen LogP contribution in [0.3, 0.4) is 0 Å². The van der Waals surface area contributed by atoms with Crippen molar-refractivity contribution in [3.63, 3.8) is 0 Å². The van der Waals surface area contributed by atoms with Crippen molar-refractivity contribution in [3.05, 3.63) is 107 Å². The Kier molecular flexibility index (Phi) is 6.17. The monoisotopic (exact) mass is 426 g/mol. The minimum absolute atomic E-state index is 0.241. The molecule has 3 aromatic rings. The van der Waals surface area contributed by atoms with Crippen LogP contribution in [0, 0.1) is 6.92 Å². The van der Waals surface area contributed by atoms with E-state index >= 15 is 0 Å². The Morgan fingerprint density at radius 2 is 1.62 bits per heavy atom. The Bertz CT molecular complexity index is 1130. The van der Waals surface area contributed by atoms with Crippen molar-refractivity contribution < 1.29 is 14.3 Å². The van der Waals surface area contributed by atoms with Crippen LogP contribution in [0.15, 0.2) is 78.9 Å². The van der Waals surface area contributed by atoms with Crippen molar-refractivity contribution in [2.45, 2.75) is 38.8 Å². The molecule has 3 aromatic carbocycles. The van der Waals surface area contributed by atoms with E-state index in [1.54, 1.807) is 16.8 Å². The molecule has 5 nitrogen and oxygen atoms in total. The predicted octanol–water partition coefficient (Wildman–Crippen LogP) is 4.13. The number of hydrogen-bond acceptors (Lipinski definition) is 2. The quantitative estimate of drug-likeness (QED) is 0.603. The van der Waals surface area contributed by atoms with Gasteiger partial charge in [-0.05, 0) is 42.7 Å². The van der Waals surface area contributed by atoms with E-state index in [-0.39, 0.29) is 17.9 Å². The average molecular weight is 427 g/mol. The van der Waals surface area contributed by atoms with Crippen LogP contribution in [0.4, 0.5) is 0 Å². The molecule has 32 heavy (non-hydrogen) atoms. The lowest BCUT2D eigenvalue weighted by Gasteiger charge is -2.14. The highest BCUT2D eigenvalue weighted by molar-refractivity contribution is 5.98.